The molecule has 0 amide bonds. The van der Waals surface area contributed by atoms with Crippen molar-refractivity contribution in [1.29, 1.82) is 0 Å². The molecule has 0 aliphatic carbocycles. The zero-order valence-corrected chi connectivity index (χ0v) is 10.5. The minimum Gasteiger partial charge on any atom is -0.397 e. The van der Waals surface area contributed by atoms with Crippen LogP contribution in [0.15, 0.2) is 30.3 Å². The monoisotopic (exact) mass is 247 g/mol. The molecule has 0 aliphatic rings. The highest BCUT2D eigenvalue weighted by Crippen LogP contribution is 2.23. The van der Waals surface area contributed by atoms with E-state index in [9.17, 15) is 0 Å². The van der Waals surface area contributed by atoms with Crippen molar-refractivity contribution in [3.63, 3.8) is 0 Å². The van der Waals surface area contributed by atoms with Gasteiger partial charge in [0.1, 0.15) is 5.82 Å². The summed E-state index contributed by atoms with van der Waals surface area (Å²) in [5, 5.41) is 3.97. The highest BCUT2D eigenvalue weighted by Gasteiger charge is 2.02. The van der Waals surface area contributed by atoms with Crippen molar-refractivity contribution < 1.29 is 0 Å². The van der Waals surface area contributed by atoms with Crippen molar-refractivity contribution in [1.82, 2.24) is 4.98 Å². The Morgan fingerprint density at radius 2 is 1.94 bits per heavy atom. The number of aromatic nitrogens is 1. The number of nitrogens with zero attached hydrogens (tertiary/aromatic N) is 1. The number of nitrogens with two attached hydrogens (primary N) is 1. The third-order valence-electron chi connectivity index (χ3n) is 2.58. The molecule has 0 unspecified atom stereocenters. The molecule has 3 N–H and O–H groups in total. The summed E-state index contributed by atoms with van der Waals surface area (Å²) < 4.78 is 0. The minimum absolute atomic E-state index is 0.698. The quantitative estimate of drug-likeness (QED) is 0.851. The molecule has 4 heteroatoms. The van der Waals surface area contributed by atoms with Crippen LogP contribution in [0.3, 0.4) is 0 Å². The number of benzene rings is 1. The Hall–Kier alpha value is -1.74. The lowest BCUT2D eigenvalue weighted by Crippen LogP contribution is -1.99. The number of nitrogen functional groups attached to an aromatic ring is 1. The highest BCUT2D eigenvalue weighted by atomic mass is 35.5. The van der Waals surface area contributed by atoms with Crippen LogP contribution in [-0.4, -0.2) is 4.98 Å². The van der Waals surface area contributed by atoms with E-state index in [0.717, 1.165) is 27.8 Å². The second kappa shape index (κ2) is 4.63. The van der Waals surface area contributed by atoms with Crippen molar-refractivity contribution in [3.8, 4) is 0 Å². The zero-order valence-electron chi connectivity index (χ0n) is 9.79. The van der Waals surface area contributed by atoms with E-state index < -0.39 is 0 Å². The van der Waals surface area contributed by atoms with Gasteiger partial charge in [-0.2, -0.15) is 0 Å². The number of hydrogen-bond donors (Lipinski definition) is 2. The van der Waals surface area contributed by atoms with Crippen LogP contribution in [-0.2, 0) is 0 Å². The maximum absolute atomic E-state index is 5.91. The van der Waals surface area contributed by atoms with Gasteiger partial charge in [0.15, 0.2) is 0 Å². The molecule has 0 fully saturated rings. The molecule has 0 aliphatic heterocycles. The van der Waals surface area contributed by atoms with Gasteiger partial charge in [-0.1, -0.05) is 11.6 Å². The van der Waals surface area contributed by atoms with Crippen molar-refractivity contribution in [2.45, 2.75) is 13.8 Å². The predicted molar refractivity (Wildman–Crippen MR) is 72.9 cm³/mol. The fourth-order valence-electron chi connectivity index (χ4n) is 1.55. The van der Waals surface area contributed by atoms with E-state index >= 15 is 0 Å². The molecule has 1 heterocycles. The van der Waals surface area contributed by atoms with Gasteiger partial charge < -0.3 is 11.1 Å². The Bertz CT molecular complexity index is 552. The van der Waals surface area contributed by atoms with Gasteiger partial charge in [0.25, 0.3) is 0 Å². The van der Waals surface area contributed by atoms with Crippen molar-refractivity contribution in [2.75, 3.05) is 11.1 Å². The van der Waals surface area contributed by atoms with Crippen LogP contribution in [0.1, 0.15) is 11.3 Å². The summed E-state index contributed by atoms with van der Waals surface area (Å²) in [7, 11) is 0. The number of pyridine rings is 1. The minimum atomic E-state index is 0.698. The predicted octanol–water partition coefficient (Wildman–Crippen LogP) is 3.68. The molecule has 3 nitrogen and oxygen atoms in total. The molecule has 0 radical (unpaired) electrons. The Morgan fingerprint density at radius 3 is 2.59 bits per heavy atom. The normalized spacial score (nSPS) is 10.3. The molecule has 0 atom stereocenters. The van der Waals surface area contributed by atoms with Gasteiger partial charge in [-0.3, -0.25) is 0 Å². The topological polar surface area (TPSA) is 50.9 Å². The largest absolute Gasteiger partial charge is 0.397 e. The molecule has 2 aromatic rings. The summed E-state index contributed by atoms with van der Waals surface area (Å²) in [6.07, 6.45) is 0. The van der Waals surface area contributed by atoms with Gasteiger partial charge in [-0.25, -0.2) is 4.98 Å². The first-order valence-electron chi connectivity index (χ1n) is 5.32. The van der Waals surface area contributed by atoms with Crippen molar-refractivity contribution in [3.05, 3.63) is 46.6 Å². The molecular formula is C13H14ClN3. The molecule has 88 valence electrons. The number of nitrogens with one attached hydrogen (secondary N) is 1. The molecule has 1 aromatic carbocycles. The first kappa shape index (κ1) is 11.7. The summed E-state index contributed by atoms with van der Waals surface area (Å²) in [5.41, 5.74) is 9.31. The summed E-state index contributed by atoms with van der Waals surface area (Å²) >= 11 is 5.91. The lowest BCUT2D eigenvalue weighted by molar-refractivity contribution is 1.20. The van der Waals surface area contributed by atoms with Gasteiger partial charge in [0.2, 0.25) is 0 Å². The van der Waals surface area contributed by atoms with Crippen molar-refractivity contribution in [2.24, 2.45) is 0 Å². The van der Waals surface area contributed by atoms with E-state index in [2.05, 4.69) is 10.3 Å². The van der Waals surface area contributed by atoms with Gasteiger partial charge in [-0.15, -0.1) is 0 Å². The Balaban J connectivity index is 2.28. The summed E-state index contributed by atoms with van der Waals surface area (Å²) in [6, 6.07) is 9.40. The van der Waals surface area contributed by atoms with Gasteiger partial charge in [-0.05, 0) is 49.7 Å². The summed E-state index contributed by atoms with van der Waals surface area (Å²) in [6.45, 7) is 3.88. The maximum atomic E-state index is 5.91. The second-order valence-corrected chi connectivity index (χ2v) is 4.39. The Morgan fingerprint density at radius 1 is 1.18 bits per heavy atom. The standard InChI is InChI=1S/C13H14ClN3/c1-8-7-10(14)3-5-12(8)17-13-6-4-11(15)9(2)16-13/h3-7H,15H2,1-2H3,(H,16,17). The Kier molecular flexibility index (Phi) is 3.20. The smallest absolute Gasteiger partial charge is 0.130 e. The lowest BCUT2D eigenvalue weighted by atomic mass is 10.2. The molecule has 17 heavy (non-hydrogen) atoms. The van der Waals surface area contributed by atoms with Crippen LogP contribution >= 0.6 is 11.6 Å². The van der Waals surface area contributed by atoms with Crippen LogP contribution in [0.25, 0.3) is 0 Å². The SMILES string of the molecule is Cc1cc(Cl)ccc1Nc1ccc(N)c(C)n1. The van der Waals surface area contributed by atoms with Gasteiger partial charge in [0.05, 0.1) is 11.4 Å². The van der Waals surface area contributed by atoms with E-state index in [1.165, 1.54) is 0 Å². The van der Waals surface area contributed by atoms with E-state index in [0.29, 0.717) is 5.69 Å². The maximum Gasteiger partial charge on any atom is 0.130 e. The van der Waals surface area contributed by atoms with E-state index in [4.69, 9.17) is 17.3 Å². The molecule has 0 spiro atoms. The van der Waals surface area contributed by atoms with E-state index in [1.807, 2.05) is 44.2 Å². The third-order valence-corrected chi connectivity index (χ3v) is 2.81. The third kappa shape index (κ3) is 2.68. The summed E-state index contributed by atoms with van der Waals surface area (Å²) in [5.74, 6) is 0.780. The second-order valence-electron chi connectivity index (χ2n) is 3.96. The number of hydrogen-bond acceptors (Lipinski definition) is 3. The van der Waals surface area contributed by atoms with Gasteiger partial charge in [0, 0.05) is 10.7 Å². The average Bonchev–Trinajstić information content (AvgIpc) is 2.27. The molecule has 0 saturated heterocycles. The number of anilines is 3. The van der Waals surface area contributed by atoms with Crippen LogP contribution in [0, 0.1) is 13.8 Å². The number of rotatable bonds is 2. The van der Waals surface area contributed by atoms with Crippen LogP contribution in [0.4, 0.5) is 17.2 Å². The molecule has 0 saturated carbocycles. The average molecular weight is 248 g/mol. The highest BCUT2D eigenvalue weighted by molar-refractivity contribution is 6.30. The Labute approximate surface area is 106 Å². The molecular weight excluding hydrogens is 234 g/mol. The van der Waals surface area contributed by atoms with E-state index in [1.54, 1.807) is 0 Å². The van der Waals surface area contributed by atoms with Crippen molar-refractivity contribution >= 4 is 28.8 Å². The summed E-state index contributed by atoms with van der Waals surface area (Å²) in [4.78, 5) is 4.36. The van der Waals surface area contributed by atoms with Gasteiger partial charge >= 0.3 is 0 Å². The number of aryl methyl sites for hydroxylation is 2. The first-order chi connectivity index (χ1) is 8.06. The molecule has 0 bridgehead atoms. The van der Waals surface area contributed by atoms with Crippen LogP contribution in [0.5, 0.6) is 0 Å². The first-order valence-corrected chi connectivity index (χ1v) is 5.70. The lowest BCUT2D eigenvalue weighted by Gasteiger charge is -2.10. The fourth-order valence-corrected chi connectivity index (χ4v) is 1.77. The van der Waals surface area contributed by atoms with E-state index in [-0.39, 0.29) is 0 Å². The zero-order chi connectivity index (χ0) is 12.4. The van der Waals surface area contributed by atoms with Crippen LogP contribution in [0.2, 0.25) is 5.02 Å². The van der Waals surface area contributed by atoms with Crippen LogP contribution < -0.4 is 11.1 Å². The molecule has 1 aromatic heterocycles. The number of halogens is 1. The molecule has 2 rings (SSSR count). The fraction of sp³-hybridized carbons (Fsp3) is 0.154.